The van der Waals surface area contributed by atoms with Crippen LogP contribution in [0.3, 0.4) is 0 Å². The average molecular weight is 273 g/mol. The van der Waals surface area contributed by atoms with Crippen molar-refractivity contribution in [3.63, 3.8) is 0 Å². The molecule has 0 aliphatic heterocycles. The van der Waals surface area contributed by atoms with E-state index in [4.69, 9.17) is 0 Å². The van der Waals surface area contributed by atoms with E-state index in [2.05, 4.69) is 0 Å². The summed E-state index contributed by atoms with van der Waals surface area (Å²) < 4.78 is 75.0. The number of aliphatic hydroxyl groups is 1. The Labute approximate surface area is 98.2 Å². The molecule has 18 heavy (non-hydrogen) atoms. The fourth-order valence-electron chi connectivity index (χ4n) is 1.17. The summed E-state index contributed by atoms with van der Waals surface area (Å²) in [5.41, 5.74) is -0.801. The van der Waals surface area contributed by atoms with Crippen LogP contribution < -0.4 is 5.32 Å². The van der Waals surface area contributed by atoms with Gasteiger partial charge in [-0.2, -0.15) is 13.2 Å². The van der Waals surface area contributed by atoms with Gasteiger partial charge in [0.15, 0.2) is 11.6 Å². The molecule has 0 saturated heterocycles. The summed E-state index contributed by atoms with van der Waals surface area (Å²) in [6.45, 7) is 0.695. The van der Waals surface area contributed by atoms with Crippen LogP contribution in [-0.4, -0.2) is 17.3 Å². The lowest BCUT2D eigenvalue weighted by molar-refractivity contribution is -0.159. The van der Waals surface area contributed by atoms with E-state index in [0.717, 1.165) is 0 Å². The standard InChI is InChI=1S/C10H9F6NO/c1-4(10(14,15)16)17-9(18)5-2-7(12)8(13)3-6(5)11/h2-4,9,17-18H,1H3/t4-,9?/m0/s1. The van der Waals surface area contributed by atoms with Crippen molar-refractivity contribution in [1.29, 1.82) is 0 Å². The lowest BCUT2D eigenvalue weighted by Gasteiger charge is -2.21. The van der Waals surface area contributed by atoms with Crippen LogP contribution >= 0.6 is 0 Å². The average Bonchev–Trinajstić information content (AvgIpc) is 2.21. The molecule has 2 nitrogen and oxygen atoms in total. The molecule has 2 N–H and O–H groups in total. The molecule has 0 bridgehead atoms. The van der Waals surface area contributed by atoms with Gasteiger partial charge in [-0.15, -0.1) is 0 Å². The molecule has 0 fully saturated rings. The molecule has 1 rings (SSSR count). The van der Waals surface area contributed by atoms with E-state index in [1.807, 2.05) is 0 Å². The van der Waals surface area contributed by atoms with E-state index < -0.39 is 41.5 Å². The number of hydrogen-bond acceptors (Lipinski definition) is 2. The normalized spacial score (nSPS) is 15.6. The third-order valence-corrected chi connectivity index (χ3v) is 2.23. The quantitative estimate of drug-likeness (QED) is 0.504. The fraction of sp³-hybridized carbons (Fsp3) is 0.400. The minimum Gasteiger partial charge on any atom is -0.374 e. The number of nitrogens with one attached hydrogen (secondary N) is 1. The molecule has 0 spiro atoms. The van der Waals surface area contributed by atoms with E-state index in [-0.39, 0.29) is 6.07 Å². The molecule has 0 saturated carbocycles. The second-order valence-electron chi connectivity index (χ2n) is 3.62. The Bertz CT molecular complexity index is 433. The molecular weight excluding hydrogens is 264 g/mol. The van der Waals surface area contributed by atoms with E-state index in [9.17, 15) is 31.4 Å². The predicted molar refractivity (Wildman–Crippen MR) is 49.9 cm³/mol. The number of alkyl halides is 3. The van der Waals surface area contributed by atoms with Crippen molar-refractivity contribution in [1.82, 2.24) is 5.32 Å². The van der Waals surface area contributed by atoms with Crippen LogP contribution in [0.25, 0.3) is 0 Å². The van der Waals surface area contributed by atoms with Gasteiger partial charge in [0.25, 0.3) is 0 Å². The van der Waals surface area contributed by atoms with E-state index in [0.29, 0.717) is 13.0 Å². The Morgan fingerprint density at radius 1 is 1.06 bits per heavy atom. The van der Waals surface area contributed by atoms with Crippen molar-refractivity contribution in [3.8, 4) is 0 Å². The summed E-state index contributed by atoms with van der Waals surface area (Å²) in [6, 6.07) is -1.70. The van der Waals surface area contributed by atoms with Gasteiger partial charge < -0.3 is 5.11 Å². The van der Waals surface area contributed by atoms with Crippen molar-refractivity contribution in [2.75, 3.05) is 0 Å². The summed E-state index contributed by atoms with van der Waals surface area (Å²) in [4.78, 5) is 0. The van der Waals surface area contributed by atoms with Crippen molar-refractivity contribution in [3.05, 3.63) is 35.1 Å². The summed E-state index contributed by atoms with van der Waals surface area (Å²) >= 11 is 0. The zero-order chi connectivity index (χ0) is 14.1. The van der Waals surface area contributed by atoms with Crippen LogP contribution in [-0.2, 0) is 0 Å². The third kappa shape index (κ3) is 3.36. The molecule has 8 heteroatoms. The molecule has 102 valence electrons. The summed E-state index contributed by atoms with van der Waals surface area (Å²) in [7, 11) is 0. The smallest absolute Gasteiger partial charge is 0.374 e. The van der Waals surface area contributed by atoms with Gasteiger partial charge in [-0.25, -0.2) is 13.2 Å². The number of halogens is 6. The zero-order valence-electron chi connectivity index (χ0n) is 9.02. The van der Waals surface area contributed by atoms with Crippen LogP contribution in [0.5, 0.6) is 0 Å². The number of hydrogen-bond donors (Lipinski definition) is 2. The first-order valence-corrected chi connectivity index (χ1v) is 4.78. The second kappa shape index (κ2) is 5.15. The van der Waals surface area contributed by atoms with Gasteiger partial charge in [-0.1, -0.05) is 0 Å². The van der Waals surface area contributed by atoms with E-state index >= 15 is 0 Å². The summed E-state index contributed by atoms with van der Waals surface area (Å²) in [5.74, 6) is -4.30. The fourth-order valence-corrected chi connectivity index (χ4v) is 1.17. The topological polar surface area (TPSA) is 32.3 Å². The van der Waals surface area contributed by atoms with Gasteiger partial charge in [-0.05, 0) is 13.0 Å². The van der Waals surface area contributed by atoms with E-state index in [1.165, 1.54) is 0 Å². The van der Waals surface area contributed by atoms with Crippen molar-refractivity contribution < 1.29 is 31.4 Å². The SMILES string of the molecule is C[C@H](NC(O)c1cc(F)c(F)cc1F)C(F)(F)F. The highest BCUT2D eigenvalue weighted by atomic mass is 19.4. The Morgan fingerprint density at radius 3 is 2.06 bits per heavy atom. The highest BCUT2D eigenvalue weighted by Gasteiger charge is 2.37. The molecule has 1 aromatic rings. The van der Waals surface area contributed by atoms with Crippen molar-refractivity contribution >= 4 is 0 Å². The Morgan fingerprint density at radius 2 is 1.56 bits per heavy atom. The summed E-state index contributed by atoms with van der Waals surface area (Å²) in [5, 5.41) is 10.9. The molecule has 0 aliphatic carbocycles. The number of aliphatic hydroxyl groups excluding tert-OH is 1. The van der Waals surface area contributed by atoms with Crippen LogP contribution in [0.2, 0.25) is 0 Å². The van der Waals surface area contributed by atoms with Gasteiger partial charge in [-0.3, -0.25) is 5.32 Å². The minimum atomic E-state index is -4.66. The molecule has 0 radical (unpaired) electrons. The Hall–Kier alpha value is -1.28. The van der Waals surface area contributed by atoms with Gasteiger partial charge in [0.1, 0.15) is 18.1 Å². The van der Waals surface area contributed by atoms with Crippen molar-refractivity contribution in [2.24, 2.45) is 0 Å². The van der Waals surface area contributed by atoms with Crippen molar-refractivity contribution in [2.45, 2.75) is 25.4 Å². The summed E-state index contributed by atoms with van der Waals surface area (Å²) in [6.07, 6.45) is -6.76. The molecule has 2 atom stereocenters. The monoisotopic (exact) mass is 273 g/mol. The van der Waals surface area contributed by atoms with E-state index in [1.54, 1.807) is 5.32 Å². The molecular formula is C10H9F6NO. The Kier molecular flexibility index (Phi) is 4.23. The maximum Gasteiger partial charge on any atom is 0.403 e. The molecule has 0 amide bonds. The first-order valence-electron chi connectivity index (χ1n) is 4.78. The molecule has 1 aromatic carbocycles. The third-order valence-electron chi connectivity index (χ3n) is 2.23. The van der Waals surface area contributed by atoms with Gasteiger partial charge >= 0.3 is 6.18 Å². The number of rotatable bonds is 3. The molecule has 0 aromatic heterocycles. The number of benzene rings is 1. The predicted octanol–water partition coefficient (Wildman–Crippen LogP) is 2.64. The van der Waals surface area contributed by atoms with Crippen LogP contribution in [0.4, 0.5) is 26.3 Å². The maximum absolute atomic E-state index is 13.1. The Balaban J connectivity index is 2.91. The van der Waals surface area contributed by atoms with Gasteiger partial charge in [0, 0.05) is 11.6 Å². The largest absolute Gasteiger partial charge is 0.403 e. The van der Waals surface area contributed by atoms with Gasteiger partial charge in [0.05, 0.1) is 0 Å². The van der Waals surface area contributed by atoms with Gasteiger partial charge in [0.2, 0.25) is 0 Å². The highest BCUT2D eigenvalue weighted by molar-refractivity contribution is 5.22. The minimum absolute atomic E-state index is 0.147. The molecule has 0 aliphatic rings. The second-order valence-corrected chi connectivity index (χ2v) is 3.62. The highest BCUT2D eigenvalue weighted by Crippen LogP contribution is 2.24. The maximum atomic E-state index is 13.1. The molecule has 1 unspecified atom stereocenters. The van der Waals surface area contributed by atoms with Crippen LogP contribution in [0, 0.1) is 17.5 Å². The zero-order valence-corrected chi connectivity index (χ0v) is 9.02. The first-order chi connectivity index (χ1) is 8.12. The first kappa shape index (κ1) is 14.8. The van der Waals surface area contributed by atoms with Crippen LogP contribution in [0.1, 0.15) is 18.7 Å². The molecule has 0 heterocycles. The lowest BCUT2D eigenvalue weighted by Crippen LogP contribution is -2.41. The van der Waals surface area contributed by atoms with Crippen LogP contribution in [0.15, 0.2) is 12.1 Å². The lowest BCUT2D eigenvalue weighted by atomic mass is 10.1.